The van der Waals surface area contributed by atoms with Gasteiger partial charge in [0, 0.05) is 18.1 Å². The van der Waals surface area contributed by atoms with Gasteiger partial charge in [-0.15, -0.1) is 0 Å². The Labute approximate surface area is 112 Å². The molecule has 5 nitrogen and oxygen atoms in total. The van der Waals surface area contributed by atoms with Crippen molar-refractivity contribution in [3.63, 3.8) is 0 Å². The van der Waals surface area contributed by atoms with Gasteiger partial charge in [0.1, 0.15) is 6.10 Å². The predicted octanol–water partition coefficient (Wildman–Crippen LogP) is 1.58. The van der Waals surface area contributed by atoms with E-state index in [4.69, 9.17) is 4.74 Å². The first-order valence-electron chi connectivity index (χ1n) is 6.01. The second kappa shape index (κ2) is 5.54. The molecule has 1 unspecified atom stereocenters. The predicted molar refractivity (Wildman–Crippen MR) is 71.3 cm³/mol. The number of hydrogen-bond donors (Lipinski definition) is 0. The molecule has 2 heterocycles. The molecule has 1 atom stereocenters. The van der Waals surface area contributed by atoms with E-state index in [0.29, 0.717) is 18.3 Å². The van der Waals surface area contributed by atoms with Gasteiger partial charge in [0.2, 0.25) is 10.0 Å². The van der Waals surface area contributed by atoms with E-state index in [0.717, 1.165) is 6.42 Å². The summed E-state index contributed by atoms with van der Waals surface area (Å²) in [5, 5.41) is 2.46. The minimum Gasteiger partial charge on any atom is -0.465 e. The lowest BCUT2D eigenvalue weighted by Crippen LogP contribution is -2.34. The van der Waals surface area contributed by atoms with Crippen molar-refractivity contribution in [2.24, 2.45) is 5.92 Å². The number of nitrogens with zero attached hydrogens (tertiary/aromatic N) is 2. The van der Waals surface area contributed by atoms with Crippen LogP contribution in [-0.4, -0.2) is 42.7 Å². The molecular formula is C11H18N2O3S2. The molecule has 0 aromatic carbocycles. The summed E-state index contributed by atoms with van der Waals surface area (Å²) in [6.45, 7) is 4.81. The van der Waals surface area contributed by atoms with E-state index < -0.39 is 10.0 Å². The van der Waals surface area contributed by atoms with Gasteiger partial charge >= 0.3 is 0 Å². The van der Waals surface area contributed by atoms with E-state index in [-0.39, 0.29) is 17.8 Å². The van der Waals surface area contributed by atoms with E-state index in [1.807, 2.05) is 19.2 Å². The molecule has 0 saturated carbocycles. The van der Waals surface area contributed by atoms with Crippen molar-refractivity contribution in [2.75, 3.05) is 18.8 Å². The zero-order valence-corrected chi connectivity index (χ0v) is 12.2. The largest absolute Gasteiger partial charge is 0.465 e. The van der Waals surface area contributed by atoms with Crippen molar-refractivity contribution in [3.05, 3.63) is 11.6 Å². The number of sulfonamides is 1. The summed E-state index contributed by atoms with van der Waals surface area (Å²) in [6.07, 6.45) is 2.34. The third-order valence-electron chi connectivity index (χ3n) is 2.72. The maximum atomic E-state index is 12.0. The average molecular weight is 290 g/mol. The molecule has 0 aliphatic carbocycles. The van der Waals surface area contributed by atoms with Crippen molar-refractivity contribution in [3.8, 4) is 5.19 Å². The molecule has 1 aromatic heterocycles. The Hall–Kier alpha value is -0.660. The van der Waals surface area contributed by atoms with Crippen LogP contribution in [0.1, 0.15) is 20.3 Å². The summed E-state index contributed by atoms with van der Waals surface area (Å²) in [5.41, 5.74) is 0. The minimum atomic E-state index is -3.13. The summed E-state index contributed by atoms with van der Waals surface area (Å²) in [7, 11) is -3.13. The molecule has 18 heavy (non-hydrogen) atoms. The monoisotopic (exact) mass is 290 g/mol. The molecule has 1 aliphatic rings. The molecule has 1 aromatic rings. The fourth-order valence-electron chi connectivity index (χ4n) is 1.98. The van der Waals surface area contributed by atoms with Crippen LogP contribution < -0.4 is 4.74 Å². The molecule has 1 aliphatic heterocycles. The Morgan fingerprint density at radius 3 is 3.00 bits per heavy atom. The Morgan fingerprint density at radius 1 is 1.61 bits per heavy atom. The SMILES string of the molecule is CC(C)CS(=O)(=O)N1CCC(Oc2nccs2)C1. The number of thiazole rings is 1. The highest BCUT2D eigenvalue weighted by Crippen LogP contribution is 2.22. The highest BCUT2D eigenvalue weighted by Gasteiger charge is 2.33. The van der Waals surface area contributed by atoms with Crippen molar-refractivity contribution in [1.82, 2.24) is 9.29 Å². The lowest BCUT2D eigenvalue weighted by molar-refractivity contribution is 0.214. The molecular weight excluding hydrogens is 272 g/mol. The zero-order valence-electron chi connectivity index (χ0n) is 10.6. The van der Waals surface area contributed by atoms with Crippen molar-refractivity contribution in [1.29, 1.82) is 0 Å². The Morgan fingerprint density at radius 2 is 2.39 bits per heavy atom. The van der Waals surface area contributed by atoms with Gasteiger partial charge in [-0.2, -0.15) is 4.31 Å². The minimum absolute atomic E-state index is 0.0712. The van der Waals surface area contributed by atoms with Crippen LogP contribution in [0, 0.1) is 5.92 Å². The van der Waals surface area contributed by atoms with Crippen LogP contribution >= 0.6 is 11.3 Å². The van der Waals surface area contributed by atoms with Gasteiger partial charge in [0.25, 0.3) is 5.19 Å². The van der Waals surface area contributed by atoms with E-state index in [1.54, 1.807) is 6.20 Å². The first kappa shape index (κ1) is 13.8. The third-order valence-corrected chi connectivity index (χ3v) is 5.59. The quantitative estimate of drug-likeness (QED) is 0.826. The zero-order chi connectivity index (χ0) is 13.2. The van der Waals surface area contributed by atoms with E-state index >= 15 is 0 Å². The van der Waals surface area contributed by atoms with Gasteiger partial charge in [0.15, 0.2) is 0 Å². The maximum absolute atomic E-state index is 12.0. The van der Waals surface area contributed by atoms with Crippen LogP contribution in [0.3, 0.4) is 0 Å². The highest BCUT2D eigenvalue weighted by molar-refractivity contribution is 7.89. The third kappa shape index (κ3) is 3.43. The standard InChI is InChI=1S/C11H18N2O3S2/c1-9(2)8-18(14,15)13-5-3-10(7-13)16-11-12-4-6-17-11/h4,6,9-10H,3,5,7-8H2,1-2H3. The van der Waals surface area contributed by atoms with Crippen molar-refractivity contribution < 1.29 is 13.2 Å². The first-order valence-corrected chi connectivity index (χ1v) is 8.50. The van der Waals surface area contributed by atoms with Crippen LogP contribution in [0.4, 0.5) is 0 Å². The number of aromatic nitrogens is 1. The highest BCUT2D eigenvalue weighted by atomic mass is 32.2. The average Bonchev–Trinajstić information content (AvgIpc) is 2.87. The Bertz CT molecular complexity index is 470. The molecule has 0 amide bonds. The van der Waals surface area contributed by atoms with Gasteiger partial charge in [-0.1, -0.05) is 25.2 Å². The first-order chi connectivity index (χ1) is 8.47. The summed E-state index contributed by atoms with van der Waals surface area (Å²) in [6, 6.07) is 0. The van der Waals surface area contributed by atoms with Gasteiger partial charge in [-0.05, 0) is 12.3 Å². The lowest BCUT2D eigenvalue weighted by atomic mass is 10.3. The van der Waals surface area contributed by atoms with Gasteiger partial charge < -0.3 is 4.74 Å². The molecule has 1 saturated heterocycles. The van der Waals surface area contributed by atoms with Crippen LogP contribution in [-0.2, 0) is 10.0 Å². The summed E-state index contributed by atoms with van der Waals surface area (Å²) >= 11 is 1.43. The molecule has 2 rings (SSSR count). The second-order valence-electron chi connectivity index (χ2n) is 4.86. The fraction of sp³-hybridized carbons (Fsp3) is 0.727. The van der Waals surface area contributed by atoms with Gasteiger partial charge in [-0.25, -0.2) is 13.4 Å². The smallest absolute Gasteiger partial charge is 0.273 e. The molecule has 0 N–H and O–H groups in total. The molecule has 102 valence electrons. The second-order valence-corrected chi connectivity index (χ2v) is 7.73. The molecule has 0 spiro atoms. The Kier molecular flexibility index (Phi) is 4.24. The van der Waals surface area contributed by atoms with Gasteiger partial charge in [-0.3, -0.25) is 0 Å². The number of ether oxygens (including phenoxy) is 1. The molecule has 0 radical (unpaired) electrons. The summed E-state index contributed by atoms with van der Waals surface area (Å²) in [4.78, 5) is 4.04. The molecule has 1 fully saturated rings. The van der Waals surface area contributed by atoms with E-state index in [2.05, 4.69) is 4.98 Å². The Balaban J connectivity index is 1.92. The van der Waals surface area contributed by atoms with Crippen LogP contribution in [0.15, 0.2) is 11.6 Å². The summed E-state index contributed by atoms with van der Waals surface area (Å²) in [5.74, 6) is 0.352. The number of hydrogen-bond acceptors (Lipinski definition) is 5. The van der Waals surface area contributed by atoms with Crippen LogP contribution in [0.5, 0.6) is 5.19 Å². The number of rotatable bonds is 5. The molecule has 0 bridgehead atoms. The van der Waals surface area contributed by atoms with Crippen molar-refractivity contribution in [2.45, 2.75) is 26.4 Å². The molecule has 7 heteroatoms. The van der Waals surface area contributed by atoms with Crippen molar-refractivity contribution >= 4 is 21.4 Å². The summed E-state index contributed by atoms with van der Waals surface area (Å²) < 4.78 is 31.3. The lowest BCUT2D eigenvalue weighted by Gasteiger charge is -2.17. The maximum Gasteiger partial charge on any atom is 0.273 e. The van der Waals surface area contributed by atoms with E-state index in [9.17, 15) is 8.42 Å². The topological polar surface area (TPSA) is 59.5 Å². The fourth-order valence-corrected chi connectivity index (χ4v) is 4.37. The van der Waals surface area contributed by atoms with Gasteiger partial charge in [0.05, 0.1) is 12.3 Å². The normalized spacial score (nSPS) is 21.6. The van der Waals surface area contributed by atoms with E-state index in [1.165, 1.54) is 15.6 Å². The van der Waals surface area contributed by atoms with Crippen LogP contribution in [0.2, 0.25) is 0 Å². The van der Waals surface area contributed by atoms with Crippen LogP contribution in [0.25, 0.3) is 0 Å².